The van der Waals surface area contributed by atoms with E-state index < -0.39 is 0 Å². The minimum Gasteiger partial charge on any atom is -0.484 e. The van der Waals surface area contributed by atoms with E-state index in [-0.39, 0.29) is 0 Å². The number of aromatic amines is 1. The van der Waals surface area contributed by atoms with Gasteiger partial charge in [0.1, 0.15) is 5.82 Å². The molecule has 0 unspecified atom stereocenters. The highest BCUT2D eigenvalue weighted by Crippen LogP contribution is 1.93. The molecule has 0 amide bonds. The molecule has 1 aromatic rings. The minimum absolute atomic E-state index is 0.310. The molecule has 4 nitrogen and oxygen atoms in total. The zero-order chi connectivity index (χ0) is 7.56. The van der Waals surface area contributed by atoms with Crippen molar-refractivity contribution in [3.63, 3.8) is 0 Å². The highest BCUT2D eigenvalue weighted by molar-refractivity contribution is 7.80. The predicted molar refractivity (Wildman–Crippen MR) is 39.8 cm³/mol. The second-order valence-electron chi connectivity index (χ2n) is 1.74. The summed E-state index contributed by atoms with van der Waals surface area (Å²) in [5, 5.41) is 6.75. The summed E-state index contributed by atoms with van der Waals surface area (Å²) in [5.41, 5.74) is 0. The quantitative estimate of drug-likeness (QED) is 0.601. The Kier molecular flexibility index (Phi) is 1.96. The Labute approximate surface area is 63.6 Å². The predicted octanol–water partition coefficient (Wildman–Crippen LogP) is 0.435. The Morgan fingerprint density at radius 1 is 1.70 bits per heavy atom. The van der Waals surface area contributed by atoms with Crippen LogP contribution in [-0.2, 0) is 4.74 Å². The summed E-state index contributed by atoms with van der Waals surface area (Å²) in [6.45, 7) is 1.80. The van der Waals surface area contributed by atoms with Gasteiger partial charge >= 0.3 is 0 Å². The highest BCUT2D eigenvalue weighted by Gasteiger charge is 2.04. The van der Waals surface area contributed by atoms with Crippen LogP contribution in [-0.4, -0.2) is 27.3 Å². The van der Waals surface area contributed by atoms with Crippen LogP contribution in [0.1, 0.15) is 11.6 Å². The lowest BCUT2D eigenvalue weighted by Gasteiger charge is -1.92. The van der Waals surface area contributed by atoms with Crippen molar-refractivity contribution in [3.8, 4) is 0 Å². The molecule has 0 fully saturated rings. The number of ether oxygens (including phenoxy) is 1. The molecule has 0 saturated carbocycles. The van der Waals surface area contributed by atoms with Crippen LogP contribution in [0.15, 0.2) is 0 Å². The number of nitrogens with zero attached hydrogens (tertiary/aromatic N) is 2. The first-order valence-electron chi connectivity index (χ1n) is 2.71. The molecule has 0 radical (unpaired) electrons. The molecule has 1 aromatic heterocycles. The molecule has 0 aliphatic carbocycles. The van der Waals surface area contributed by atoms with Crippen LogP contribution >= 0.6 is 12.2 Å². The molecular weight excluding hydrogens is 150 g/mol. The number of aryl methyl sites for hydroxylation is 1. The molecule has 0 aliphatic rings. The lowest BCUT2D eigenvalue weighted by molar-refractivity contribution is 0.413. The molecular formula is C5H7N3OS. The number of hydrogen-bond donors (Lipinski definition) is 1. The van der Waals surface area contributed by atoms with E-state index in [0.29, 0.717) is 10.9 Å². The van der Waals surface area contributed by atoms with E-state index in [1.54, 1.807) is 6.92 Å². The summed E-state index contributed by atoms with van der Waals surface area (Å²) in [7, 11) is 1.49. The van der Waals surface area contributed by atoms with Crippen molar-refractivity contribution >= 4 is 17.3 Å². The third kappa shape index (κ3) is 1.30. The molecule has 1 rings (SSSR count). The van der Waals surface area contributed by atoms with Crippen molar-refractivity contribution in [2.45, 2.75) is 6.92 Å². The fourth-order valence-corrected chi connectivity index (χ4v) is 0.617. The van der Waals surface area contributed by atoms with Crippen molar-refractivity contribution in [2.75, 3.05) is 7.11 Å². The fourth-order valence-electron chi connectivity index (χ4n) is 0.525. The molecule has 0 aromatic carbocycles. The smallest absolute Gasteiger partial charge is 0.231 e. The van der Waals surface area contributed by atoms with Crippen molar-refractivity contribution in [1.82, 2.24) is 15.2 Å². The third-order valence-electron chi connectivity index (χ3n) is 0.965. The van der Waals surface area contributed by atoms with E-state index in [1.807, 2.05) is 0 Å². The number of thiocarbonyl (C=S) groups is 1. The molecule has 10 heavy (non-hydrogen) atoms. The summed E-state index contributed by atoms with van der Waals surface area (Å²) in [4.78, 5) is 3.95. The maximum atomic E-state index is 4.77. The van der Waals surface area contributed by atoms with E-state index in [2.05, 4.69) is 15.2 Å². The number of rotatable bonds is 1. The Balaban J connectivity index is 2.85. The standard InChI is InChI=1S/C5H7N3OS/c1-3-6-4(8-7-3)5(10)9-2/h1-2H3,(H,6,7,8). The Morgan fingerprint density at radius 2 is 2.40 bits per heavy atom. The first kappa shape index (κ1) is 7.14. The average molecular weight is 157 g/mol. The molecule has 0 saturated heterocycles. The van der Waals surface area contributed by atoms with Gasteiger partial charge in [0.2, 0.25) is 10.9 Å². The van der Waals surface area contributed by atoms with Gasteiger partial charge < -0.3 is 4.74 Å². The largest absolute Gasteiger partial charge is 0.484 e. The maximum absolute atomic E-state index is 4.77. The van der Waals surface area contributed by atoms with Gasteiger partial charge in [-0.1, -0.05) is 0 Å². The summed E-state index contributed by atoms with van der Waals surface area (Å²) in [6.07, 6.45) is 0. The first-order valence-corrected chi connectivity index (χ1v) is 3.12. The monoisotopic (exact) mass is 157 g/mol. The molecule has 0 bridgehead atoms. The second kappa shape index (κ2) is 2.74. The second-order valence-corrected chi connectivity index (χ2v) is 2.11. The summed E-state index contributed by atoms with van der Waals surface area (Å²) in [6, 6.07) is 0. The first-order chi connectivity index (χ1) is 4.74. The van der Waals surface area contributed by atoms with Crippen LogP contribution in [0.25, 0.3) is 0 Å². The maximum Gasteiger partial charge on any atom is 0.231 e. The van der Waals surface area contributed by atoms with Crippen LogP contribution in [0.2, 0.25) is 0 Å². The van der Waals surface area contributed by atoms with Gasteiger partial charge in [0.15, 0.2) is 0 Å². The topological polar surface area (TPSA) is 50.8 Å². The van der Waals surface area contributed by atoms with Gasteiger partial charge in [-0.3, -0.25) is 5.10 Å². The summed E-state index contributed by atoms with van der Waals surface area (Å²) in [5.74, 6) is 1.17. The van der Waals surface area contributed by atoms with E-state index >= 15 is 0 Å². The average Bonchev–Trinajstić information content (AvgIpc) is 2.34. The normalized spacial score (nSPS) is 9.40. The van der Waals surface area contributed by atoms with Gasteiger partial charge in [-0.25, -0.2) is 4.98 Å². The zero-order valence-corrected chi connectivity index (χ0v) is 6.53. The van der Waals surface area contributed by atoms with Gasteiger partial charge in [0, 0.05) is 0 Å². The van der Waals surface area contributed by atoms with Crippen molar-refractivity contribution in [1.29, 1.82) is 0 Å². The Morgan fingerprint density at radius 3 is 2.80 bits per heavy atom. The number of methoxy groups -OCH3 is 1. The molecule has 5 heteroatoms. The van der Waals surface area contributed by atoms with Crippen molar-refractivity contribution < 1.29 is 4.74 Å². The van der Waals surface area contributed by atoms with E-state index in [1.165, 1.54) is 7.11 Å². The van der Waals surface area contributed by atoms with Crippen LogP contribution in [0.4, 0.5) is 0 Å². The lowest BCUT2D eigenvalue weighted by Crippen LogP contribution is -2.01. The lowest BCUT2D eigenvalue weighted by atomic mass is 10.6. The highest BCUT2D eigenvalue weighted by atomic mass is 32.1. The Bertz CT molecular complexity index is 245. The number of hydrogen-bond acceptors (Lipinski definition) is 4. The van der Waals surface area contributed by atoms with Gasteiger partial charge in [-0.05, 0) is 19.1 Å². The fraction of sp³-hybridized carbons (Fsp3) is 0.400. The van der Waals surface area contributed by atoms with Crippen LogP contribution in [0.5, 0.6) is 0 Å². The van der Waals surface area contributed by atoms with E-state index in [4.69, 9.17) is 17.0 Å². The summed E-state index contributed by atoms with van der Waals surface area (Å²) >= 11 is 4.77. The third-order valence-corrected chi connectivity index (χ3v) is 1.31. The zero-order valence-electron chi connectivity index (χ0n) is 5.71. The van der Waals surface area contributed by atoms with E-state index in [0.717, 1.165) is 5.82 Å². The number of aromatic nitrogens is 3. The van der Waals surface area contributed by atoms with Crippen LogP contribution in [0.3, 0.4) is 0 Å². The molecule has 1 N–H and O–H groups in total. The molecule has 0 aliphatic heterocycles. The molecule has 54 valence electrons. The van der Waals surface area contributed by atoms with Gasteiger partial charge in [0.05, 0.1) is 7.11 Å². The number of H-pyrrole nitrogens is 1. The van der Waals surface area contributed by atoms with Crippen LogP contribution in [0, 0.1) is 6.92 Å². The molecule has 0 atom stereocenters. The minimum atomic E-state index is 0.310. The van der Waals surface area contributed by atoms with Gasteiger partial charge in [-0.2, -0.15) is 0 Å². The Hall–Kier alpha value is -0.970. The van der Waals surface area contributed by atoms with Gasteiger partial charge in [-0.15, -0.1) is 5.10 Å². The van der Waals surface area contributed by atoms with E-state index in [9.17, 15) is 0 Å². The molecule has 1 heterocycles. The van der Waals surface area contributed by atoms with Crippen molar-refractivity contribution in [3.05, 3.63) is 11.6 Å². The number of nitrogens with one attached hydrogen (secondary N) is 1. The molecule has 0 spiro atoms. The summed E-state index contributed by atoms with van der Waals surface area (Å²) < 4.78 is 4.74. The van der Waals surface area contributed by atoms with Gasteiger partial charge in [0.25, 0.3) is 0 Å². The van der Waals surface area contributed by atoms with Crippen LogP contribution < -0.4 is 0 Å². The van der Waals surface area contributed by atoms with Crippen molar-refractivity contribution in [2.24, 2.45) is 0 Å². The SMILES string of the molecule is COC(=S)c1n[nH]c(C)n1.